The first-order valence-electron chi connectivity index (χ1n) is 3.78. The van der Waals surface area contributed by atoms with Crippen LogP contribution in [0.25, 0.3) is 0 Å². The van der Waals surface area contributed by atoms with E-state index in [1.54, 1.807) is 0 Å². The SMILES string of the molecule is [B]C(C)(C)COCC(C)C. The smallest absolute Gasteiger partial charge is 0.0770 e. The molecule has 0 N–H and O–H groups in total. The molecule has 0 aliphatic heterocycles. The van der Waals surface area contributed by atoms with Crippen molar-refractivity contribution in [2.45, 2.75) is 33.0 Å². The second-order valence-electron chi connectivity index (χ2n) is 3.90. The Balaban J connectivity index is 3.21. The third kappa shape index (κ3) is 8.02. The number of rotatable bonds is 4. The van der Waals surface area contributed by atoms with Crippen LogP contribution in [0, 0.1) is 5.92 Å². The molecule has 0 amide bonds. The van der Waals surface area contributed by atoms with Crippen LogP contribution in [0.3, 0.4) is 0 Å². The lowest BCUT2D eigenvalue weighted by molar-refractivity contribution is 0.0934. The van der Waals surface area contributed by atoms with E-state index >= 15 is 0 Å². The quantitative estimate of drug-likeness (QED) is 0.543. The molecule has 0 aromatic rings. The maximum absolute atomic E-state index is 5.70. The van der Waals surface area contributed by atoms with Crippen LogP contribution in [0.15, 0.2) is 0 Å². The van der Waals surface area contributed by atoms with Gasteiger partial charge in [-0.3, -0.25) is 0 Å². The largest absolute Gasteiger partial charge is 0.381 e. The number of ether oxygens (including phenoxy) is 1. The summed E-state index contributed by atoms with van der Waals surface area (Å²) in [6, 6.07) is 0. The first-order chi connectivity index (χ1) is 4.42. The van der Waals surface area contributed by atoms with Crippen LogP contribution in [0.5, 0.6) is 0 Å². The van der Waals surface area contributed by atoms with Crippen LogP contribution in [-0.4, -0.2) is 21.1 Å². The Bertz CT molecular complexity index is 83.7. The van der Waals surface area contributed by atoms with E-state index in [1.807, 2.05) is 13.8 Å². The molecule has 0 saturated carbocycles. The van der Waals surface area contributed by atoms with Gasteiger partial charge >= 0.3 is 0 Å². The molecule has 10 heavy (non-hydrogen) atoms. The van der Waals surface area contributed by atoms with Crippen molar-refractivity contribution in [1.29, 1.82) is 0 Å². The Morgan fingerprint density at radius 1 is 1.40 bits per heavy atom. The molecule has 0 rings (SSSR count). The minimum Gasteiger partial charge on any atom is -0.381 e. The zero-order chi connectivity index (χ0) is 8.20. The van der Waals surface area contributed by atoms with Crippen LogP contribution in [-0.2, 0) is 4.74 Å². The highest BCUT2D eigenvalue weighted by atomic mass is 16.5. The summed E-state index contributed by atoms with van der Waals surface area (Å²) in [4.78, 5) is 0. The summed E-state index contributed by atoms with van der Waals surface area (Å²) in [6.07, 6.45) is 0. The van der Waals surface area contributed by atoms with E-state index in [-0.39, 0.29) is 5.31 Å². The normalized spacial score (nSPS) is 12.5. The lowest BCUT2D eigenvalue weighted by Crippen LogP contribution is -2.14. The van der Waals surface area contributed by atoms with Crippen molar-refractivity contribution < 1.29 is 4.74 Å². The van der Waals surface area contributed by atoms with Crippen molar-refractivity contribution in [2.24, 2.45) is 5.92 Å². The zero-order valence-electron chi connectivity index (χ0n) is 7.48. The van der Waals surface area contributed by atoms with E-state index in [0.717, 1.165) is 6.61 Å². The third-order valence-electron chi connectivity index (χ3n) is 0.925. The number of hydrogen-bond donors (Lipinski definition) is 0. The van der Waals surface area contributed by atoms with Gasteiger partial charge in [0.2, 0.25) is 0 Å². The van der Waals surface area contributed by atoms with Gasteiger partial charge in [0.25, 0.3) is 0 Å². The fourth-order valence-electron chi connectivity index (χ4n) is 0.558. The Labute approximate surface area is 65.6 Å². The molecule has 0 aliphatic rings. The van der Waals surface area contributed by atoms with Crippen LogP contribution >= 0.6 is 0 Å². The molecule has 2 radical (unpaired) electrons. The van der Waals surface area contributed by atoms with E-state index in [0.29, 0.717) is 12.5 Å². The molecule has 0 saturated heterocycles. The third-order valence-corrected chi connectivity index (χ3v) is 0.925. The van der Waals surface area contributed by atoms with E-state index in [1.165, 1.54) is 0 Å². The molecule has 0 fully saturated rings. The van der Waals surface area contributed by atoms with Gasteiger partial charge in [0.1, 0.15) is 0 Å². The van der Waals surface area contributed by atoms with Crippen molar-refractivity contribution in [3.63, 3.8) is 0 Å². The maximum Gasteiger partial charge on any atom is 0.0770 e. The predicted octanol–water partition coefficient (Wildman–Crippen LogP) is 2.03. The minimum atomic E-state index is -0.186. The van der Waals surface area contributed by atoms with E-state index in [9.17, 15) is 0 Å². The molecule has 0 heterocycles. The fourth-order valence-corrected chi connectivity index (χ4v) is 0.558. The zero-order valence-corrected chi connectivity index (χ0v) is 7.48. The van der Waals surface area contributed by atoms with E-state index < -0.39 is 0 Å². The summed E-state index contributed by atoms with van der Waals surface area (Å²) in [5.74, 6) is 0.599. The maximum atomic E-state index is 5.70. The summed E-state index contributed by atoms with van der Waals surface area (Å²) in [5.41, 5.74) is 0. The topological polar surface area (TPSA) is 9.23 Å². The molecule has 0 aromatic carbocycles. The van der Waals surface area contributed by atoms with Crippen molar-refractivity contribution in [2.75, 3.05) is 13.2 Å². The van der Waals surface area contributed by atoms with E-state index in [2.05, 4.69) is 13.8 Å². The Kier molecular flexibility index (Phi) is 4.03. The van der Waals surface area contributed by atoms with Crippen molar-refractivity contribution in [1.82, 2.24) is 0 Å². The summed E-state index contributed by atoms with van der Waals surface area (Å²) < 4.78 is 5.33. The molecule has 0 spiro atoms. The molecule has 1 nitrogen and oxygen atoms in total. The predicted molar refractivity (Wildman–Crippen MR) is 45.5 cm³/mol. The van der Waals surface area contributed by atoms with Crippen LogP contribution in [0.4, 0.5) is 0 Å². The highest BCUT2D eigenvalue weighted by Crippen LogP contribution is 2.17. The molecule has 0 bridgehead atoms. The van der Waals surface area contributed by atoms with Gasteiger partial charge in [-0.05, 0) is 11.2 Å². The molecular formula is C8H17BO. The first-order valence-corrected chi connectivity index (χ1v) is 3.78. The molecular weight excluding hydrogens is 123 g/mol. The van der Waals surface area contributed by atoms with Crippen LogP contribution in [0.2, 0.25) is 5.31 Å². The molecule has 0 aromatic heterocycles. The second-order valence-corrected chi connectivity index (χ2v) is 3.90. The van der Waals surface area contributed by atoms with Gasteiger partial charge in [-0.2, -0.15) is 0 Å². The highest BCUT2D eigenvalue weighted by Gasteiger charge is 2.09. The standard InChI is InChI=1S/C8H17BO/c1-7(2)5-10-6-8(3,4)9/h7H,5-6H2,1-4H3. The number of hydrogen-bond acceptors (Lipinski definition) is 1. The Hall–Kier alpha value is 0.0249. The molecule has 0 aliphatic carbocycles. The summed E-state index contributed by atoms with van der Waals surface area (Å²) in [6.45, 7) is 9.64. The van der Waals surface area contributed by atoms with Gasteiger partial charge in [0.15, 0.2) is 0 Å². The minimum absolute atomic E-state index is 0.186. The van der Waals surface area contributed by atoms with E-state index in [4.69, 9.17) is 12.6 Å². The first kappa shape index (κ1) is 10.0. The second kappa shape index (κ2) is 4.02. The van der Waals surface area contributed by atoms with Crippen molar-refractivity contribution in [3.8, 4) is 0 Å². The monoisotopic (exact) mass is 140 g/mol. The van der Waals surface area contributed by atoms with Gasteiger partial charge in [-0.1, -0.05) is 27.7 Å². The average molecular weight is 140 g/mol. The lowest BCUT2D eigenvalue weighted by Gasteiger charge is -2.19. The van der Waals surface area contributed by atoms with Gasteiger partial charge < -0.3 is 4.74 Å². The Morgan fingerprint density at radius 2 is 1.90 bits per heavy atom. The van der Waals surface area contributed by atoms with Crippen molar-refractivity contribution in [3.05, 3.63) is 0 Å². The summed E-state index contributed by atoms with van der Waals surface area (Å²) in [5, 5.41) is -0.186. The molecule has 0 atom stereocenters. The van der Waals surface area contributed by atoms with Gasteiger partial charge in [0.05, 0.1) is 7.85 Å². The lowest BCUT2D eigenvalue weighted by atomic mass is 9.73. The average Bonchev–Trinajstić information content (AvgIpc) is 1.59. The van der Waals surface area contributed by atoms with Gasteiger partial charge in [-0.25, -0.2) is 0 Å². The van der Waals surface area contributed by atoms with Gasteiger partial charge in [0, 0.05) is 13.2 Å². The van der Waals surface area contributed by atoms with Crippen molar-refractivity contribution >= 4 is 7.85 Å². The summed E-state index contributed by atoms with van der Waals surface area (Å²) in [7, 11) is 5.70. The Morgan fingerprint density at radius 3 is 2.20 bits per heavy atom. The fraction of sp³-hybridized carbons (Fsp3) is 1.00. The molecule has 58 valence electrons. The van der Waals surface area contributed by atoms with Crippen LogP contribution < -0.4 is 0 Å². The van der Waals surface area contributed by atoms with Gasteiger partial charge in [-0.15, -0.1) is 0 Å². The highest BCUT2D eigenvalue weighted by molar-refractivity contribution is 6.14. The van der Waals surface area contributed by atoms with Crippen LogP contribution in [0.1, 0.15) is 27.7 Å². The molecule has 2 heteroatoms. The summed E-state index contributed by atoms with van der Waals surface area (Å²) >= 11 is 0. The molecule has 0 unspecified atom stereocenters.